The molecule has 1 aromatic rings. The third-order valence-electron chi connectivity index (χ3n) is 20.2. The molecule has 10 N–H and O–H groups in total. The van der Waals surface area contributed by atoms with Crippen molar-refractivity contribution in [2.45, 2.75) is 329 Å². The molecule has 6 saturated heterocycles. The molecule has 9 aliphatic rings. The number of methoxy groups -OCH3 is 5. The van der Waals surface area contributed by atoms with Gasteiger partial charge in [0.1, 0.15) is 17.8 Å². The molecule has 1 saturated carbocycles. The molecule has 1 spiro atoms. The van der Waals surface area contributed by atoms with E-state index in [9.17, 15) is 111 Å². The molecule has 7 aliphatic heterocycles. The zero-order chi connectivity index (χ0) is 113. The number of benzene rings is 1. The number of aryl methyl sites for hydroxylation is 1. The number of ether oxygens (including phenoxy) is 18. The number of nitrogens with one attached hydrogen (secondary N) is 1. The number of aliphatic hydroxyl groups excluding tert-OH is 4. The summed E-state index contributed by atoms with van der Waals surface area (Å²) in [5.74, 6) is -19.1. The summed E-state index contributed by atoms with van der Waals surface area (Å²) in [7, 11) is 9.76. The molecule has 826 valence electrons. The van der Waals surface area contributed by atoms with Gasteiger partial charge in [0.15, 0.2) is 101 Å². The molecule has 54 nitrogen and oxygen atoms in total. The van der Waals surface area contributed by atoms with E-state index >= 15 is 0 Å². The summed E-state index contributed by atoms with van der Waals surface area (Å²) in [4.78, 5) is 250. The van der Waals surface area contributed by atoms with Gasteiger partial charge in [-0.25, -0.2) is 43.1 Å². The molecule has 147 heavy (non-hydrogen) atoms. The van der Waals surface area contributed by atoms with Gasteiger partial charge in [-0.05, 0) is 169 Å². The second-order valence-corrected chi connectivity index (χ2v) is 34.7. The molecule has 18 atom stereocenters. The molecule has 1 aromatic carbocycles. The number of esters is 11. The number of likely N-dealkylation sites (N-methyl/N-ethyl adjacent to an activating group) is 1. The zero-order valence-corrected chi connectivity index (χ0v) is 91.3. The van der Waals surface area contributed by atoms with E-state index in [1.54, 1.807) is 69.4 Å². The number of piperidine rings is 1. The Kier molecular flexibility index (Phi) is 66.8. The van der Waals surface area contributed by atoms with Crippen molar-refractivity contribution >= 4 is 143 Å². The van der Waals surface area contributed by atoms with E-state index in [0.29, 0.717) is 17.9 Å². The van der Waals surface area contributed by atoms with Gasteiger partial charge in [-0.15, -0.1) is 5.06 Å². The normalized spacial score (nSPS) is 23.5. The summed E-state index contributed by atoms with van der Waals surface area (Å²) in [6.07, 6.45) is -15.7. The van der Waals surface area contributed by atoms with Crippen molar-refractivity contribution in [3.05, 3.63) is 28.8 Å². The summed E-state index contributed by atoms with van der Waals surface area (Å²) in [6.45, 7) is 34.2. The van der Waals surface area contributed by atoms with Gasteiger partial charge in [0.2, 0.25) is 30.5 Å². The summed E-state index contributed by atoms with van der Waals surface area (Å²) in [5, 5.41) is 79.5. The Labute approximate surface area is 887 Å². The molecule has 0 radical (unpaired) electrons. The van der Waals surface area contributed by atoms with Gasteiger partial charge in [0, 0.05) is 92.1 Å². The Morgan fingerprint density at radius 3 is 1.24 bits per heavy atom. The maximum Gasteiger partial charge on any atom is 1.00 e. The van der Waals surface area contributed by atoms with Crippen LogP contribution in [0.2, 0.25) is 0 Å². The van der Waals surface area contributed by atoms with Gasteiger partial charge in [0.05, 0.1) is 57.3 Å². The fourth-order valence-electron chi connectivity index (χ4n) is 13.8. The monoisotopic (exact) mass is 2140 g/mol. The molecule has 2 bridgehead atoms. The summed E-state index contributed by atoms with van der Waals surface area (Å²) >= 11 is 3.33. The predicted molar refractivity (Wildman–Crippen MR) is 483 cm³/mol. The Bertz CT molecular complexity index is 4550. The number of carbonyl (C=O) groups is 22. The third kappa shape index (κ3) is 45.7. The first-order valence-corrected chi connectivity index (χ1v) is 43.7. The number of amides is 2. The van der Waals surface area contributed by atoms with Gasteiger partial charge in [-0.1, -0.05) is 12.1 Å². The van der Waals surface area contributed by atoms with E-state index in [-0.39, 0.29) is 102 Å². The number of carboxylic acids is 2. The smallest absolute Gasteiger partial charge is 0.870 e. The van der Waals surface area contributed by atoms with Crippen LogP contribution in [-0.4, -0.2) is 382 Å². The van der Waals surface area contributed by atoms with E-state index in [1.807, 2.05) is 20.8 Å². The number of ketones is 6. The number of carbonyl (C=O) groups excluding carboxylic acids is 20. The van der Waals surface area contributed by atoms with Crippen molar-refractivity contribution in [1.82, 2.24) is 9.96 Å². The average Bonchev–Trinajstić information content (AvgIpc) is 1.51. The van der Waals surface area contributed by atoms with Crippen LogP contribution >= 0.6 is 0 Å². The Hall–Kier alpha value is -10.1. The zero-order valence-electron chi connectivity index (χ0n) is 88.5. The fraction of sp³-hybridized carbons (Fsp3) is 0.689. The van der Waals surface area contributed by atoms with Crippen molar-refractivity contribution in [2.75, 3.05) is 70.0 Å². The van der Waals surface area contributed by atoms with Crippen molar-refractivity contribution in [2.24, 2.45) is 5.92 Å². The number of carboxylic acid groups (broad SMARTS) is 2. The Morgan fingerprint density at radius 1 is 0.544 bits per heavy atom. The van der Waals surface area contributed by atoms with Crippen LogP contribution in [0, 0.1) is 17.6 Å². The van der Waals surface area contributed by atoms with Crippen LogP contribution < -0.4 is 58.3 Å². The van der Waals surface area contributed by atoms with E-state index in [0.717, 1.165) is 113 Å². The molecule has 57 heteroatoms. The first-order valence-electron chi connectivity index (χ1n) is 43.2. The minimum absolute atomic E-state index is 0. The van der Waals surface area contributed by atoms with Crippen LogP contribution in [0.4, 0.5) is 0 Å². The van der Waals surface area contributed by atoms with Crippen LogP contribution in [0.25, 0.3) is 0 Å². The SMILES string of the molecule is CC(=O)C1OC(C)(C)O[C@H]1C(=O)O.CC(=O)C1OC(C)(C)O[C@H]1C(=O)ON1C(=O)CCC1=O.CC(=O)O[C@H]1C(=O)OC(=O)[C@@H]1C.CC(C)(C)O.CO.COC(=O)[C@@H]1OC(C)(C)OC1C(C)=O.COC(=O)[C@H](O)[C@@H](O)C(C)=O.COC(=O)[C@H](OC(C)=O)[C@@H](OC(C)=O)C(=O)O.COC(=O)[C@H](OC(C)=O)[C@@H](OC(C)=O)C(C)=O.COC(C)(C)CO.C[O-].Cc1ccc2c3c1O[C@H]1C(=O)CC[C@@]4(O)[C@@H](C2)N(C)CC[C@]314.N=S.[Li+].[Na+].[OH-]. The predicted octanol–water partition coefficient (Wildman–Crippen LogP) is -7.78. The van der Waals surface area contributed by atoms with E-state index < -0.39 is 238 Å². The first-order chi connectivity index (χ1) is 66.1. The molecule has 2 amide bonds. The summed E-state index contributed by atoms with van der Waals surface area (Å²) in [5.41, 5.74) is 1.27. The molecule has 10 rings (SSSR count). The van der Waals surface area contributed by atoms with Crippen LogP contribution in [0.15, 0.2) is 12.1 Å². The van der Waals surface area contributed by atoms with Crippen LogP contribution in [0.3, 0.4) is 0 Å². The molecule has 2 aliphatic carbocycles. The topological polar surface area (TPSA) is 796 Å². The van der Waals surface area contributed by atoms with E-state index in [1.165, 1.54) is 47.3 Å². The van der Waals surface area contributed by atoms with Gasteiger partial charge in [-0.2, -0.15) is 7.11 Å². The molecular formula is C90H137LiN3NaO51S. The minimum atomic E-state index is -1.94. The number of likely N-dealkylation sites (tertiary alicyclic amines) is 1. The quantitative estimate of drug-likeness (QED) is 0.0162. The summed E-state index contributed by atoms with van der Waals surface area (Å²) in [6, 6.07) is 4.35. The Balaban J connectivity index is -0.000000379. The number of imide groups is 1. The van der Waals surface area contributed by atoms with Gasteiger partial charge < -0.3 is 146 Å². The number of Topliss-reactive ketones (excluding diaryl/α,β-unsaturated/α-hetero) is 6. The van der Waals surface area contributed by atoms with Gasteiger partial charge >= 0.3 is 132 Å². The van der Waals surface area contributed by atoms with Gasteiger partial charge in [0.25, 0.3) is 11.8 Å². The van der Waals surface area contributed by atoms with Crippen LogP contribution in [0.5, 0.6) is 5.75 Å². The molecular weight excluding hydrogens is 2000 g/mol. The average molecular weight is 2140 g/mol. The number of hydrogen-bond donors (Lipinski definition) is 9. The van der Waals surface area contributed by atoms with Crippen molar-refractivity contribution in [3.8, 4) is 5.75 Å². The van der Waals surface area contributed by atoms with Crippen molar-refractivity contribution < 1.29 is 295 Å². The van der Waals surface area contributed by atoms with Crippen LogP contribution in [0.1, 0.15) is 201 Å². The molecule has 3 unspecified atom stereocenters. The fourth-order valence-corrected chi connectivity index (χ4v) is 13.8. The number of rotatable bonds is 23. The van der Waals surface area contributed by atoms with Crippen LogP contribution in [-0.2, 0) is 215 Å². The second-order valence-electron chi connectivity index (χ2n) is 34.7. The number of aliphatic hydroxyl groups is 6. The largest absolute Gasteiger partial charge is 1.00 e. The van der Waals surface area contributed by atoms with Crippen molar-refractivity contribution in [1.29, 1.82) is 4.78 Å². The second kappa shape index (κ2) is 66.5. The third-order valence-corrected chi connectivity index (χ3v) is 20.2. The summed E-state index contributed by atoms with van der Waals surface area (Å²) < 4.78 is 91.8. The molecule has 0 aromatic heterocycles. The first kappa shape index (κ1) is 148. The number of cyclic esters (lactones) is 2. The van der Waals surface area contributed by atoms with Gasteiger partial charge in [-0.3, -0.25) is 67.1 Å². The number of nitrogens with zero attached hydrogens (tertiary/aromatic N) is 2. The minimum Gasteiger partial charge on any atom is -0.870 e. The molecule has 7 fully saturated rings. The van der Waals surface area contributed by atoms with E-state index in [2.05, 4.69) is 83.9 Å². The van der Waals surface area contributed by atoms with Crippen molar-refractivity contribution in [3.63, 3.8) is 0 Å². The Morgan fingerprint density at radius 2 is 0.918 bits per heavy atom. The number of aliphatic carboxylic acids is 2. The number of hydroxylamine groups is 2. The standard InChI is InChI=1S/C18H21NO3.C12H15NO7.C10H14O7.C9H12O8.C9H14O5.C8H12O5.C7H8O5.C6H10O5.C5H12O2.C4H10O.CH4O.CH3O.Li.HNS.Na.H2O/c1-10-3-4-11-9-13-18(21)6-5-12(20)16-17(18,7-8-19(13)2)14(11)15(10)22-16;1-6(14)9-10(19-12(2,3)18-9)11(17)20-13-7(15)4-5-8(13)16;1-5(11)8(16-6(2)12)9(10(14)15-4)17-7(3)13;1-4(10)16-6(8(12)13)7(9(14)15-3)17-5(2)11;1-5(10)6-7(8(11)12-4)14-9(2,3)13-6;1-4(9)5-6(7(10)11)13-8(2,3)12-5;1-3-5(11-4(2)8)7(10)12-6(3)9;1-3(7)4(8)5(9)6(10)11-2;1-5(2,4-6)7-3;1-4(2,3)5;2*1-2;;1-2;;/h3-4,13,16,21H,5-9H2,1-2H3;9-10H,4-5H2,1-3H3;8-9H,1-4H3;6-7H,1-3H3,(H,12,13);6-7H,1-4H3;5-6H,1-3H3,(H,10,11);3,5H,1-2H3;4-5,8-9H,1-2H3;6H,4H2,1-3H3;5H,1-3H3;2H,1H3;1H3;;1H;;1H2/q;;;;;;;;;;;-1;+1;;+1;/p-1/t13-,16+,17+,18-;9?,10-;8-,9+;6-,7-;6?,7-;5?,6-;3-,5-;4-,5+;;;;;;;;/m11011110......../s1. The van der Waals surface area contributed by atoms with E-state index in [4.69, 9.17) is 88.4 Å². The maximum absolute atomic E-state index is 12.6. The number of hydrogen-bond acceptors (Lipinski definition) is 52. The molecule has 7 heterocycles. The maximum atomic E-state index is 12.6.